The van der Waals surface area contributed by atoms with Crippen molar-refractivity contribution in [2.24, 2.45) is 11.8 Å². The second-order valence-electron chi connectivity index (χ2n) is 9.78. The highest BCUT2D eigenvalue weighted by molar-refractivity contribution is 6.54. The van der Waals surface area contributed by atoms with Crippen molar-refractivity contribution in [3.8, 4) is 0 Å². The van der Waals surface area contributed by atoms with E-state index in [9.17, 15) is 4.79 Å². The number of amides is 1. The third kappa shape index (κ3) is 3.90. The molecule has 2 fully saturated rings. The van der Waals surface area contributed by atoms with E-state index in [2.05, 4.69) is 33.8 Å². The lowest BCUT2D eigenvalue weighted by molar-refractivity contribution is 0.00578. The largest absolute Gasteiger partial charge is 0.490 e. The van der Waals surface area contributed by atoms with Gasteiger partial charge in [-0.15, -0.1) is 0 Å². The van der Waals surface area contributed by atoms with Crippen LogP contribution in [-0.2, 0) is 14.0 Å². The highest BCUT2D eigenvalue weighted by Gasteiger charge is 2.53. The number of rotatable bonds is 1. The Morgan fingerprint density at radius 3 is 2.32 bits per heavy atom. The van der Waals surface area contributed by atoms with Crippen LogP contribution in [0.5, 0.6) is 0 Å². The van der Waals surface area contributed by atoms with E-state index >= 15 is 0 Å². The topological polar surface area (TPSA) is 48.0 Å². The predicted octanol–water partition coefficient (Wildman–Crippen LogP) is 3.82. The van der Waals surface area contributed by atoms with Crippen LogP contribution in [0, 0.1) is 11.8 Å². The van der Waals surface area contributed by atoms with Gasteiger partial charge in [0, 0.05) is 13.1 Å². The molecule has 2 unspecified atom stereocenters. The standard InChI is InChI=1S/C19H32BNO4/c1-17(2,3)23-16(22)21-11-13-8-14(12-21)10-15(9-13)20-24-18(4,5)19(6,7)25-20/h9,13-14H,8,10-12H2,1-7H3. The molecule has 0 aromatic carbocycles. The molecule has 2 heterocycles. The molecule has 2 aliphatic heterocycles. The summed E-state index contributed by atoms with van der Waals surface area (Å²) < 4.78 is 18.0. The smallest absolute Gasteiger partial charge is 0.444 e. The van der Waals surface area contributed by atoms with Crippen molar-refractivity contribution < 1.29 is 18.8 Å². The first-order valence-corrected chi connectivity index (χ1v) is 9.40. The van der Waals surface area contributed by atoms with Gasteiger partial charge in [-0.1, -0.05) is 6.08 Å². The van der Waals surface area contributed by atoms with Gasteiger partial charge in [-0.25, -0.2) is 4.79 Å². The Morgan fingerprint density at radius 1 is 1.20 bits per heavy atom. The van der Waals surface area contributed by atoms with Crippen LogP contribution in [0.25, 0.3) is 0 Å². The lowest BCUT2D eigenvalue weighted by Gasteiger charge is -2.41. The number of hydrogen-bond acceptors (Lipinski definition) is 4. The minimum absolute atomic E-state index is 0.199. The van der Waals surface area contributed by atoms with E-state index < -0.39 is 5.60 Å². The number of fused-ring (bicyclic) bond motifs is 2. The van der Waals surface area contributed by atoms with Gasteiger partial charge in [0.1, 0.15) is 5.60 Å². The molecule has 3 rings (SSSR count). The van der Waals surface area contributed by atoms with Gasteiger partial charge in [-0.3, -0.25) is 0 Å². The van der Waals surface area contributed by atoms with Gasteiger partial charge in [0.05, 0.1) is 11.2 Å². The molecule has 0 N–H and O–H groups in total. The number of carbonyl (C=O) groups is 1. The van der Waals surface area contributed by atoms with Gasteiger partial charge in [0.2, 0.25) is 0 Å². The fraction of sp³-hybridized carbons (Fsp3) is 0.842. The van der Waals surface area contributed by atoms with Gasteiger partial charge in [-0.05, 0) is 78.6 Å². The summed E-state index contributed by atoms with van der Waals surface area (Å²) in [7, 11) is -0.261. The Morgan fingerprint density at radius 2 is 1.80 bits per heavy atom. The summed E-state index contributed by atoms with van der Waals surface area (Å²) in [6.07, 6.45) is 4.12. The predicted molar refractivity (Wildman–Crippen MR) is 98.2 cm³/mol. The van der Waals surface area contributed by atoms with E-state index in [1.54, 1.807) is 0 Å². The number of nitrogens with zero attached hydrogens (tertiary/aromatic N) is 1. The first-order chi connectivity index (χ1) is 11.4. The molecule has 0 saturated carbocycles. The normalized spacial score (nSPS) is 30.9. The Bertz CT molecular complexity index is 562. The van der Waals surface area contributed by atoms with Crippen LogP contribution in [0.1, 0.15) is 61.3 Å². The molecule has 0 aromatic rings. The first-order valence-electron chi connectivity index (χ1n) is 9.40. The van der Waals surface area contributed by atoms with E-state index in [1.807, 2.05) is 25.7 Å². The molecule has 2 saturated heterocycles. The molecule has 6 heteroatoms. The molecule has 25 heavy (non-hydrogen) atoms. The number of allylic oxidation sites excluding steroid dienone is 1. The van der Waals surface area contributed by atoms with Crippen molar-refractivity contribution in [1.82, 2.24) is 4.90 Å². The lowest BCUT2D eigenvalue weighted by Crippen LogP contribution is -2.47. The van der Waals surface area contributed by atoms with Gasteiger partial charge in [-0.2, -0.15) is 0 Å². The Kier molecular flexibility index (Phi) is 4.52. The van der Waals surface area contributed by atoms with E-state index in [4.69, 9.17) is 14.0 Å². The van der Waals surface area contributed by atoms with Crippen molar-refractivity contribution in [1.29, 1.82) is 0 Å². The number of ether oxygens (including phenoxy) is 1. The Labute approximate surface area is 152 Å². The highest BCUT2D eigenvalue weighted by atomic mass is 16.7. The molecule has 2 atom stereocenters. The van der Waals surface area contributed by atoms with Crippen LogP contribution in [0.15, 0.2) is 11.5 Å². The SMILES string of the molecule is CC(C)(C)OC(=O)N1CC2C=C(B3OC(C)(C)C(C)(C)O3)CC(C2)C1. The molecule has 0 spiro atoms. The average Bonchev–Trinajstić information content (AvgIpc) is 2.64. The Hall–Kier alpha value is -1.01. The van der Waals surface area contributed by atoms with Crippen molar-refractivity contribution >= 4 is 13.2 Å². The lowest BCUT2D eigenvalue weighted by atomic mass is 9.66. The molecule has 1 aliphatic carbocycles. The molecule has 5 nitrogen and oxygen atoms in total. The number of piperidine rings is 1. The highest BCUT2D eigenvalue weighted by Crippen LogP contribution is 2.42. The zero-order chi connectivity index (χ0) is 18.6. The quantitative estimate of drug-likeness (QED) is 0.675. The van der Waals surface area contributed by atoms with Crippen LogP contribution in [0.2, 0.25) is 0 Å². The number of likely N-dealkylation sites (tertiary alicyclic amines) is 1. The van der Waals surface area contributed by atoms with E-state index in [1.165, 1.54) is 5.47 Å². The van der Waals surface area contributed by atoms with E-state index in [0.29, 0.717) is 18.4 Å². The van der Waals surface area contributed by atoms with Gasteiger partial charge >= 0.3 is 13.2 Å². The molecule has 140 valence electrons. The van der Waals surface area contributed by atoms with Crippen molar-refractivity contribution in [3.63, 3.8) is 0 Å². The van der Waals surface area contributed by atoms with Crippen molar-refractivity contribution in [2.45, 2.75) is 78.1 Å². The summed E-state index contributed by atoms with van der Waals surface area (Å²) >= 11 is 0. The summed E-state index contributed by atoms with van der Waals surface area (Å²) in [6, 6.07) is 0. The summed E-state index contributed by atoms with van der Waals surface area (Å²) in [6.45, 7) is 15.5. The van der Waals surface area contributed by atoms with Crippen LogP contribution >= 0.6 is 0 Å². The summed E-state index contributed by atoms with van der Waals surface area (Å²) in [5, 5.41) is 0. The zero-order valence-corrected chi connectivity index (χ0v) is 16.7. The maximum atomic E-state index is 12.4. The molecular weight excluding hydrogens is 317 g/mol. The second-order valence-corrected chi connectivity index (χ2v) is 9.78. The number of hydrogen-bond donors (Lipinski definition) is 0. The zero-order valence-electron chi connectivity index (χ0n) is 16.7. The van der Waals surface area contributed by atoms with Gasteiger partial charge < -0.3 is 18.9 Å². The molecule has 0 aromatic heterocycles. The van der Waals surface area contributed by atoms with Crippen LogP contribution in [0.3, 0.4) is 0 Å². The molecule has 1 amide bonds. The third-order valence-corrected chi connectivity index (χ3v) is 5.75. The summed E-state index contributed by atoms with van der Waals surface area (Å²) in [4.78, 5) is 14.2. The molecule has 0 radical (unpaired) electrons. The molecular formula is C19H32BNO4. The maximum Gasteiger partial charge on any atom is 0.490 e. The maximum absolute atomic E-state index is 12.4. The second kappa shape index (κ2) is 6.02. The van der Waals surface area contributed by atoms with Crippen molar-refractivity contribution in [2.75, 3.05) is 13.1 Å². The van der Waals surface area contributed by atoms with E-state index in [-0.39, 0.29) is 24.4 Å². The fourth-order valence-electron chi connectivity index (χ4n) is 3.86. The average molecular weight is 349 g/mol. The molecule has 3 aliphatic rings. The minimum atomic E-state index is -0.451. The summed E-state index contributed by atoms with van der Waals surface area (Å²) in [5.41, 5.74) is 0.165. The minimum Gasteiger partial charge on any atom is -0.444 e. The van der Waals surface area contributed by atoms with Gasteiger partial charge in [0.15, 0.2) is 0 Å². The fourth-order valence-corrected chi connectivity index (χ4v) is 3.86. The first kappa shape index (κ1) is 18.8. The third-order valence-electron chi connectivity index (χ3n) is 5.75. The van der Waals surface area contributed by atoms with Crippen LogP contribution in [-0.4, -0.2) is 48.0 Å². The molecule has 2 bridgehead atoms. The van der Waals surface area contributed by atoms with Crippen LogP contribution < -0.4 is 0 Å². The van der Waals surface area contributed by atoms with E-state index in [0.717, 1.165) is 19.4 Å². The monoisotopic (exact) mass is 349 g/mol. The van der Waals surface area contributed by atoms with Crippen molar-refractivity contribution in [3.05, 3.63) is 11.5 Å². The Balaban J connectivity index is 1.68. The summed E-state index contributed by atoms with van der Waals surface area (Å²) in [5.74, 6) is 0.805. The van der Waals surface area contributed by atoms with Gasteiger partial charge in [0.25, 0.3) is 0 Å². The number of carbonyl (C=O) groups excluding carboxylic acids is 1. The van der Waals surface area contributed by atoms with Crippen LogP contribution in [0.4, 0.5) is 4.79 Å².